The molecule has 6 nitrogen and oxygen atoms in total. The molecule has 1 amide bonds. The van der Waals surface area contributed by atoms with Crippen molar-refractivity contribution in [3.05, 3.63) is 72.2 Å². The summed E-state index contributed by atoms with van der Waals surface area (Å²) in [5, 5.41) is 3.43. The molecule has 0 spiro atoms. The fraction of sp³-hybridized carbons (Fsp3) is 0.158. The van der Waals surface area contributed by atoms with E-state index in [1.807, 2.05) is 12.1 Å². The number of rotatable bonds is 6. The summed E-state index contributed by atoms with van der Waals surface area (Å²) in [6.45, 7) is 0.0845. The van der Waals surface area contributed by atoms with Gasteiger partial charge in [-0.2, -0.15) is 0 Å². The highest BCUT2D eigenvalue weighted by Gasteiger charge is 2.20. The molecule has 0 saturated heterocycles. The SMILES string of the molecule is CS(=O)(=O)N(CCNC(=O)c1cccc(F)c1)c1cccc2cccnc12. The molecule has 0 aliphatic carbocycles. The lowest BCUT2D eigenvalue weighted by molar-refractivity contribution is 0.0954. The first-order valence-electron chi connectivity index (χ1n) is 8.21. The normalized spacial score (nSPS) is 11.3. The number of pyridine rings is 1. The van der Waals surface area contributed by atoms with Gasteiger partial charge in [0.05, 0.1) is 24.0 Å². The molecule has 0 aliphatic rings. The van der Waals surface area contributed by atoms with Crippen LogP contribution in [0.4, 0.5) is 10.1 Å². The topological polar surface area (TPSA) is 79.4 Å². The van der Waals surface area contributed by atoms with Crippen LogP contribution in [0.2, 0.25) is 0 Å². The Labute approximate surface area is 156 Å². The second kappa shape index (κ2) is 7.71. The van der Waals surface area contributed by atoms with Gasteiger partial charge in [-0.05, 0) is 30.3 Å². The molecule has 0 fully saturated rings. The van der Waals surface area contributed by atoms with E-state index in [0.29, 0.717) is 11.2 Å². The number of nitrogens with one attached hydrogen (secondary N) is 1. The molecule has 0 radical (unpaired) electrons. The van der Waals surface area contributed by atoms with E-state index < -0.39 is 21.7 Å². The minimum absolute atomic E-state index is 0.0234. The summed E-state index contributed by atoms with van der Waals surface area (Å²) in [6, 6.07) is 14.2. The Bertz CT molecular complexity index is 1080. The summed E-state index contributed by atoms with van der Waals surface area (Å²) in [4.78, 5) is 16.4. The molecule has 3 aromatic rings. The number of halogens is 1. The maximum atomic E-state index is 13.2. The standard InChI is InChI=1S/C19H18FN3O3S/c1-27(25,26)23(17-9-3-5-14-7-4-10-21-18(14)17)12-11-22-19(24)15-6-2-8-16(20)13-15/h2-10,13H,11-12H2,1H3,(H,22,24). The first-order valence-corrected chi connectivity index (χ1v) is 10.1. The zero-order valence-corrected chi connectivity index (χ0v) is 15.4. The molecule has 1 aromatic heterocycles. The van der Waals surface area contributed by atoms with Crippen LogP contribution in [0.3, 0.4) is 0 Å². The lowest BCUT2D eigenvalue weighted by Crippen LogP contribution is -2.38. The molecule has 0 atom stereocenters. The van der Waals surface area contributed by atoms with Crippen molar-refractivity contribution in [2.45, 2.75) is 0 Å². The van der Waals surface area contributed by atoms with E-state index in [9.17, 15) is 17.6 Å². The molecular formula is C19H18FN3O3S. The van der Waals surface area contributed by atoms with E-state index in [-0.39, 0.29) is 18.7 Å². The molecule has 0 unspecified atom stereocenters. The van der Waals surface area contributed by atoms with E-state index in [1.165, 1.54) is 22.5 Å². The zero-order valence-electron chi connectivity index (χ0n) is 14.6. The predicted octanol–water partition coefficient (Wildman–Crippen LogP) is 2.57. The van der Waals surface area contributed by atoms with Crippen LogP contribution in [0.1, 0.15) is 10.4 Å². The minimum atomic E-state index is -3.60. The van der Waals surface area contributed by atoms with Gasteiger partial charge in [0.15, 0.2) is 0 Å². The third-order valence-corrected chi connectivity index (χ3v) is 5.15. The highest BCUT2D eigenvalue weighted by atomic mass is 32.2. The van der Waals surface area contributed by atoms with Gasteiger partial charge in [0, 0.05) is 23.7 Å². The van der Waals surface area contributed by atoms with Gasteiger partial charge in [0.2, 0.25) is 10.0 Å². The number of hydrogen-bond donors (Lipinski definition) is 1. The molecule has 2 aromatic carbocycles. The van der Waals surface area contributed by atoms with E-state index in [4.69, 9.17) is 0 Å². The van der Waals surface area contributed by atoms with Crippen molar-refractivity contribution in [3.63, 3.8) is 0 Å². The van der Waals surface area contributed by atoms with E-state index >= 15 is 0 Å². The van der Waals surface area contributed by atoms with Gasteiger partial charge in [0.25, 0.3) is 5.91 Å². The lowest BCUT2D eigenvalue weighted by Gasteiger charge is -2.23. The number of amides is 1. The van der Waals surface area contributed by atoms with Crippen molar-refractivity contribution in [2.24, 2.45) is 0 Å². The highest BCUT2D eigenvalue weighted by Crippen LogP contribution is 2.26. The Balaban J connectivity index is 1.80. The molecule has 0 saturated carbocycles. The van der Waals surface area contributed by atoms with Crippen LogP contribution in [0.5, 0.6) is 0 Å². The van der Waals surface area contributed by atoms with Crippen molar-refractivity contribution >= 4 is 32.5 Å². The van der Waals surface area contributed by atoms with Crippen LogP contribution in [-0.4, -0.2) is 38.7 Å². The summed E-state index contributed by atoms with van der Waals surface area (Å²) in [5.74, 6) is -0.985. The molecule has 140 valence electrons. The predicted molar refractivity (Wildman–Crippen MR) is 103 cm³/mol. The monoisotopic (exact) mass is 387 g/mol. The second-order valence-electron chi connectivity index (χ2n) is 5.95. The van der Waals surface area contributed by atoms with Gasteiger partial charge in [-0.25, -0.2) is 12.8 Å². The van der Waals surface area contributed by atoms with Gasteiger partial charge >= 0.3 is 0 Å². The quantitative estimate of drug-likeness (QED) is 0.705. The van der Waals surface area contributed by atoms with Crippen LogP contribution in [0.25, 0.3) is 10.9 Å². The third-order valence-electron chi connectivity index (χ3n) is 3.97. The second-order valence-corrected chi connectivity index (χ2v) is 7.86. The van der Waals surface area contributed by atoms with Gasteiger partial charge in [-0.15, -0.1) is 0 Å². The molecule has 8 heteroatoms. The molecule has 1 heterocycles. The summed E-state index contributed by atoms with van der Waals surface area (Å²) >= 11 is 0. The number of fused-ring (bicyclic) bond motifs is 1. The highest BCUT2D eigenvalue weighted by molar-refractivity contribution is 7.92. The third kappa shape index (κ3) is 4.40. The van der Waals surface area contributed by atoms with Gasteiger partial charge in [-0.3, -0.25) is 14.1 Å². The molecule has 0 aliphatic heterocycles. The number of nitrogens with zero attached hydrogens (tertiary/aromatic N) is 2. The van der Waals surface area contributed by atoms with E-state index in [2.05, 4.69) is 10.3 Å². The summed E-state index contributed by atoms with van der Waals surface area (Å²) in [7, 11) is -3.60. The van der Waals surface area contributed by atoms with Crippen LogP contribution in [0.15, 0.2) is 60.8 Å². The molecular weight excluding hydrogens is 369 g/mol. The number of sulfonamides is 1. The number of aromatic nitrogens is 1. The molecule has 3 rings (SSSR count). The number of hydrogen-bond acceptors (Lipinski definition) is 4. The van der Waals surface area contributed by atoms with Crippen molar-refractivity contribution in [3.8, 4) is 0 Å². The van der Waals surface area contributed by atoms with Crippen LogP contribution >= 0.6 is 0 Å². The number of para-hydroxylation sites is 1. The lowest BCUT2D eigenvalue weighted by atomic mass is 10.2. The summed E-state index contributed by atoms with van der Waals surface area (Å²) in [6.07, 6.45) is 2.70. The van der Waals surface area contributed by atoms with Crippen molar-refractivity contribution in [2.75, 3.05) is 23.7 Å². The summed E-state index contributed by atoms with van der Waals surface area (Å²) in [5.41, 5.74) is 1.17. The number of carbonyl (C=O) groups excluding carboxylic acids is 1. The Hall–Kier alpha value is -3.00. The van der Waals surface area contributed by atoms with Gasteiger partial charge < -0.3 is 5.32 Å². The maximum absolute atomic E-state index is 13.2. The molecule has 0 bridgehead atoms. The first kappa shape index (κ1) is 18.8. The molecule has 27 heavy (non-hydrogen) atoms. The largest absolute Gasteiger partial charge is 0.350 e. The Morgan fingerprint density at radius 3 is 2.63 bits per heavy atom. The Morgan fingerprint density at radius 1 is 1.15 bits per heavy atom. The van der Waals surface area contributed by atoms with Crippen molar-refractivity contribution in [1.82, 2.24) is 10.3 Å². The number of carbonyl (C=O) groups is 1. The molecule has 1 N–H and O–H groups in total. The smallest absolute Gasteiger partial charge is 0.251 e. The van der Waals surface area contributed by atoms with Crippen LogP contribution < -0.4 is 9.62 Å². The summed E-state index contributed by atoms with van der Waals surface area (Å²) < 4.78 is 39.0. The average molecular weight is 387 g/mol. The Morgan fingerprint density at radius 2 is 1.89 bits per heavy atom. The number of anilines is 1. The fourth-order valence-electron chi connectivity index (χ4n) is 2.76. The minimum Gasteiger partial charge on any atom is -0.350 e. The van der Waals surface area contributed by atoms with Crippen molar-refractivity contribution < 1.29 is 17.6 Å². The van der Waals surface area contributed by atoms with Crippen LogP contribution in [-0.2, 0) is 10.0 Å². The van der Waals surface area contributed by atoms with Gasteiger partial charge in [-0.1, -0.05) is 24.3 Å². The van der Waals surface area contributed by atoms with Gasteiger partial charge in [0.1, 0.15) is 5.82 Å². The zero-order chi connectivity index (χ0) is 19.4. The average Bonchev–Trinajstić information content (AvgIpc) is 2.64. The van der Waals surface area contributed by atoms with Crippen molar-refractivity contribution in [1.29, 1.82) is 0 Å². The Kier molecular flexibility index (Phi) is 5.36. The number of benzene rings is 2. The van der Waals surface area contributed by atoms with E-state index in [0.717, 1.165) is 17.7 Å². The van der Waals surface area contributed by atoms with E-state index in [1.54, 1.807) is 24.4 Å². The van der Waals surface area contributed by atoms with Crippen LogP contribution in [0, 0.1) is 5.82 Å². The fourth-order valence-corrected chi connectivity index (χ4v) is 3.68. The first-order chi connectivity index (χ1) is 12.9. The maximum Gasteiger partial charge on any atom is 0.251 e.